The number of nitrogens with zero attached hydrogens (tertiary/aromatic N) is 1. The van der Waals surface area contributed by atoms with Crippen LogP contribution in [0.5, 0.6) is 5.75 Å². The zero-order chi connectivity index (χ0) is 14.8. The number of hydrogen-bond acceptors (Lipinski definition) is 4. The lowest BCUT2D eigenvalue weighted by molar-refractivity contribution is 0.486. The normalized spacial score (nSPS) is 10.8. The van der Waals surface area contributed by atoms with Crippen LogP contribution in [0.15, 0.2) is 47.4 Å². The summed E-state index contributed by atoms with van der Waals surface area (Å²) in [6.07, 6.45) is 0. The molecule has 0 atom stereocenters. The molecule has 102 valence electrons. The van der Waals surface area contributed by atoms with Crippen LogP contribution in [0.1, 0.15) is 5.56 Å². The van der Waals surface area contributed by atoms with Crippen LogP contribution in [0.3, 0.4) is 0 Å². The molecule has 2 rings (SSSR count). The summed E-state index contributed by atoms with van der Waals surface area (Å²) in [5.74, 6) is -0.0523. The average molecular weight is 328 g/mol. The third-order valence-electron chi connectivity index (χ3n) is 2.39. The molecule has 0 aliphatic rings. The van der Waals surface area contributed by atoms with E-state index < -0.39 is 10.1 Å². The zero-order valence-electron chi connectivity index (χ0n) is 9.88. The average Bonchev–Trinajstić information content (AvgIpc) is 2.44. The van der Waals surface area contributed by atoms with Crippen molar-refractivity contribution in [3.63, 3.8) is 0 Å². The molecular weight excluding hydrogens is 321 g/mol. The van der Waals surface area contributed by atoms with E-state index in [1.165, 1.54) is 42.5 Å². The Labute approximate surface area is 126 Å². The summed E-state index contributed by atoms with van der Waals surface area (Å²) in [7, 11) is -4.03. The van der Waals surface area contributed by atoms with Gasteiger partial charge in [-0.05, 0) is 36.4 Å². The Kier molecular flexibility index (Phi) is 4.19. The highest BCUT2D eigenvalue weighted by Crippen LogP contribution is 2.33. The van der Waals surface area contributed by atoms with Crippen LogP contribution >= 0.6 is 23.2 Å². The second kappa shape index (κ2) is 5.71. The summed E-state index contributed by atoms with van der Waals surface area (Å²) >= 11 is 11.7. The Morgan fingerprint density at radius 1 is 1.05 bits per heavy atom. The van der Waals surface area contributed by atoms with Crippen molar-refractivity contribution in [3.05, 3.63) is 58.1 Å². The van der Waals surface area contributed by atoms with Gasteiger partial charge in [0.2, 0.25) is 0 Å². The maximum Gasteiger partial charge on any atom is 0.339 e. The molecule has 7 heteroatoms. The second-order valence-electron chi connectivity index (χ2n) is 3.73. The highest BCUT2D eigenvalue weighted by Gasteiger charge is 2.19. The molecule has 0 aliphatic heterocycles. The van der Waals surface area contributed by atoms with Crippen molar-refractivity contribution in [2.75, 3.05) is 0 Å². The first-order valence-corrected chi connectivity index (χ1v) is 7.49. The van der Waals surface area contributed by atoms with E-state index >= 15 is 0 Å². The van der Waals surface area contributed by atoms with Crippen molar-refractivity contribution < 1.29 is 12.6 Å². The van der Waals surface area contributed by atoms with Gasteiger partial charge in [0.05, 0.1) is 16.7 Å². The SMILES string of the molecule is N#Cc1ccc(S(=O)(=O)Oc2cccc(Cl)c2Cl)cc1. The fourth-order valence-corrected chi connectivity index (χ4v) is 2.73. The quantitative estimate of drug-likeness (QED) is 0.807. The molecule has 0 aromatic heterocycles. The maximum atomic E-state index is 12.1. The van der Waals surface area contributed by atoms with Gasteiger partial charge in [-0.15, -0.1) is 0 Å². The van der Waals surface area contributed by atoms with Gasteiger partial charge in [0.15, 0.2) is 5.75 Å². The topological polar surface area (TPSA) is 67.2 Å². The Morgan fingerprint density at radius 3 is 2.30 bits per heavy atom. The van der Waals surface area contributed by atoms with E-state index in [2.05, 4.69) is 0 Å². The summed E-state index contributed by atoms with van der Waals surface area (Å²) in [6, 6.07) is 11.7. The monoisotopic (exact) mass is 327 g/mol. The molecule has 20 heavy (non-hydrogen) atoms. The van der Waals surface area contributed by atoms with Crippen LogP contribution in [0.4, 0.5) is 0 Å². The van der Waals surface area contributed by atoms with Crippen LogP contribution in [0, 0.1) is 11.3 Å². The van der Waals surface area contributed by atoms with Crippen molar-refractivity contribution >= 4 is 33.3 Å². The van der Waals surface area contributed by atoms with E-state index in [0.717, 1.165) is 0 Å². The molecule has 0 unspecified atom stereocenters. The molecule has 0 N–H and O–H groups in total. The zero-order valence-corrected chi connectivity index (χ0v) is 12.2. The minimum absolute atomic E-state index is 0.0198. The molecular formula is C13H7Cl2NO3S. The minimum atomic E-state index is -4.03. The molecule has 0 spiro atoms. The van der Waals surface area contributed by atoms with Gasteiger partial charge in [0.25, 0.3) is 0 Å². The standard InChI is InChI=1S/C13H7Cl2NO3S/c14-11-2-1-3-12(13(11)15)19-20(17,18)10-6-4-9(8-16)5-7-10/h1-7H. The van der Waals surface area contributed by atoms with E-state index in [1.54, 1.807) is 0 Å². The van der Waals surface area contributed by atoms with E-state index in [1.807, 2.05) is 6.07 Å². The molecule has 0 radical (unpaired) electrons. The second-order valence-corrected chi connectivity index (χ2v) is 6.06. The van der Waals surface area contributed by atoms with Gasteiger partial charge in [0, 0.05) is 0 Å². The lowest BCUT2D eigenvalue weighted by Crippen LogP contribution is -2.10. The van der Waals surface area contributed by atoms with Gasteiger partial charge in [-0.1, -0.05) is 29.3 Å². The highest BCUT2D eigenvalue weighted by atomic mass is 35.5. The van der Waals surface area contributed by atoms with Gasteiger partial charge in [-0.25, -0.2) is 0 Å². The van der Waals surface area contributed by atoms with Crippen LogP contribution in [0.2, 0.25) is 10.0 Å². The molecule has 2 aromatic carbocycles. The lowest BCUT2D eigenvalue weighted by Gasteiger charge is -2.09. The fraction of sp³-hybridized carbons (Fsp3) is 0. The van der Waals surface area contributed by atoms with Gasteiger partial charge in [-0.3, -0.25) is 0 Å². The van der Waals surface area contributed by atoms with E-state index in [9.17, 15) is 8.42 Å². The first kappa shape index (κ1) is 14.7. The van der Waals surface area contributed by atoms with Crippen LogP contribution < -0.4 is 4.18 Å². The highest BCUT2D eigenvalue weighted by molar-refractivity contribution is 7.87. The molecule has 0 amide bonds. The third kappa shape index (κ3) is 3.05. The van der Waals surface area contributed by atoms with Gasteiger partial charge in [-0.2, -0.15) is 13.7 Å². The number of rotatable bonds is 3. The number of benzene rings is 2. The van der Waals surface area contributed by atoms with Crippen LogP contribution in [-0.2, 0) is 10.1 Å². The Hall–Kier alpha value is -1.74. The van der Waals surface area contributed by atoms with E-state index in [0.29, 0.717) is 5.56 Å². The number of nitriles is 1. The predicted molar refractivity (Wildman–Crippen MR) is 75.4 cm³/mol. The van der Waals surface area contributed by atoms with Gasteiger partial charge < -0.3 is 4.18 Å². The Bertz CT molecular complexity index is 780. The first-order valence-electron chi connectivity index (χ1n) is 5.33. The van der Waals surface area contributed by atoms with Crippen molar-refractivity contribution in [2.24, 2.45) is 0 Å². The molecule has 4 nitrogen and oxygen atoms in total. The molecule has 0 aliphatic carbocycles. The molecule has 0 saturated carbocycles. The molecule has 0 saturated heterocycles. The lowest BCUT2D eigenvalue weighted by atomic mass is 10.2. The van der Waals surface area contributed by atoms with E-state index in [4.69, 9.17) is 32.6 Å². The molecule has 0 bridgehead atoms. The largest absolute Gasteiger partial charge is 0.377 e. The summed E-state index contributed by atoms with van der Waals surface area (Å²) in [5, 5.41) is 8.88. The molecule has 0 fully saturated rings. The maximum absolute atomic E-state index is 12.1. The number of hydrogen-bond donors (Lipinski definition) is 0. The van der Waals surface area contributed by atoms with Crippen molar-refractivity contribution in [3.8, 4) is 11.8 Å². The third-order valence-corrected chi connectivity index (χ3v) is 4.44. The summed E-state index contributed by atoms with van der Waals surface area (Å²) in [4.78, 5) is -0.0763. The minimum Gasteiger partial charge on any atom is -0.377 e. The Morgan fingerprint density at radius 2 is 1.70 bits per heavy atom. The fourth-order valence-electron chi connectivity index (χ4n) is 1.41. The van der Waals surface area contributed by atoms with E-state index in [-0.39, 0.29) is 20.7 Å². The first-order chi connectivity index (χ1) is 9.44. The predicted octanol–water partition coefficient (Wildman–Crippen LogP) is 3.63. The Balaban J connectivity index is 2.36. The van der Waals surface area contributed by atoms with Crippen LogP contribution in [0.25, 0.3) is 0 Å². The smallest absolute Gasteiger partial charge is 0.339 e. The summed E-state index contributed by atoms with van der Waals surface area (Å²) < 4.78 is 29.1. The van der Waals surface area contributed by atoms with Gasteiger partial charge in [0.1, 0.15) is 9.92 Å². The number of halogens is 2. The molecule has 0 heterocycles. The van der Waals surface area contributed by atoms with Crippen molar-refractivity contribution in [1.29, 1.82) is 5.26 Å². The van der Waals surface area contributed by atoms with Crippen LogP contribution in [-0.4, -0.2) is 8.42 Å². The summed E-state index contributed by atoms with van der Waals surface area (Å²) in [6.45, 7) is 0. The van der Waals surface area contributed by atoms with Crippen molar-refractivity contribution in [2.45, 2.75) is 4.90 Å². The summed E-state index contributed by atoms with van der Waals surface area (Å²) in [5.41, 5.74) is 0.352. The van der Waals surface area contributed by atoms with Gasteiger partial charge >= 0.3 is 10.1 Å². The van der Waals surface area contributed by atoms with Crippen molar-refractivity contribution in [1.82, 2.24) is 0 Å². The molecule has 2 aromatic rings.